The summed E-state index contributed by atoms with van der Waals surface area (Å²) in [5, 5.41) is 4.86. The highest BCUT2D eigenvalue weighted by atomic mass is 35.5. The van der Waals surface area contributed by atoms with E-state index in [0.29, 0.717) is 16.6 Å². The van der Waals surface area contributed by atoms with Gasteiger partial charge in [0.2, 0.25) is 0 Å². The van der Waals surface area contributed by atoms with Gasteiger partial charge in [-0.1, -0.05) is 59.1 Å². The molecule has 0 spiro atoms. The molecule has 100 valence electrons. The Morgan fingerprint density at radius 3 is 2.16 bits per heavy atom. The maximum Gasteiger partial charge on any atom is 0.0465 e. The molecule has 0 heterocycles. The van der Waals surface area contributed by atoms with Crippen LogP contribution in [0, 0.1) is 6.92 Å². The summed E-state index contributed by atoms with van der Waals surface area (Å²) in [6, 6.07) is 14.4. The Hall–Kier alpha value is -1.02. The van der Waals surface area contributed by atoms with E-state index in [1.54, 1.807) is 0 Å². The molecule has 19 heavy (non-hydrogen) atoms. The van der Waals surface area contributed by atoms with Crippen LogP contribution in [0.2, 0.25) is 10.0 Å². The first-order valence-corrected chi connectivity index (χ1v) is 7.06. The third-order valence-electron chi connectivity index (χ3n) is 3.22. The number of aryl methyl sites for hydroxylation is 1. The number of halogens is 2. The minimum Gasteiger partial charge on any atom is -0.306 e. The number of benzene rings is 2. The van der Waals surface area contributed by atoms with Gasteiger partial charge < -0.3 is 5.32 Å². The Morgan fingerprint density at radius 1 is 1.00 bits per heavy atom. The van der Waals surface area contributed by atoms with Crippen molar-refractivity contribution >= 4 is 23.2 Å². The molecule has 0 aliphatic carbocycles. The van der Waals surface area contributed by atoms with Crippen molar-refractivity contribution in [3.63, 3.8) is 0 Å². The van der Waals surface area contributed by atoms with Crippen LogP contribution in [0.3, 0.4) is 0 Å². The van der Waals surface area contributed by atoms with Crippen LogP contribution in [0.5, 0.6) is 0 Å². The van der Waals surface area contributed by atoms with Crippen LogP contribution in [0.15, 0.2) is 42.5 Å². The van der Waals surface area contributed by atoms with Gasteiger partial charge in [-0.2, -0.15) is 0 Å². The fourth-order valence-corrected chi connectivity index (χ4v) is 2.46. The molecule has 1 unspecified atom stereocenters. The second-order valence-electron chi connectivity index (χ2n) is 4.71. The molecule has 1 nitrogen and oxygen atoms in total. The SMILES string of the molecule is Cc1ccc(C(C)NCc2c(Cl)cccc2Cl)cc1. The smallest absolute Gasteiger partial charge is 0.0465 e. The molecule has 0 bridgehead atoms. The molecule has 2 rings (SSSR count). The van der Waals surface area contributed by atoms with E-state index in [1.165, 1.54) is 11.1 Å². The lowest BCUT2D eigenvalue weighted by Crippen LogP contribution is -2.18. The molecule has 3 heteroatoms. The first kappa shape index (κ1) is 14.4. The van der Waals surface area contributed by atoms with Crippen molar-refractivity contribution in [2.75, 3.05) is 0 Å². The predicted octanol–water partition coefficient (Wildman–Crippen LogP) is 5.15. The summed E-state index contributed by atoms with van der Waals surface area (Å²) in [5.41, 5.74) is 3.48. The number of rotatable bonds is 4. The minimum atomic E-state index is 0.257. The zero-order valence-corrected chi connectivity index (χ0v) is 12.6. The molecule has 0 aliphatic rings. The maximum absolute atomic E-state index is 6.16. The van der Waals surface area contributed by atoms with Gasteiger partial charge in [0.15, 0.2) is 0 Å². The lowest BCUT2D eigenvalue weighted by atomic mass is 10.1. The number of hydrogen-bond acceptors (Lipinski definition) is 1. The molecule has 0 radical (unpaired) electrons. The van der Waals surface area contributed by atoms with Gasteiger partial charge in [0, 0.05) is 28.2 Å². The van der Waals surface area contributed by atoms with Crippen molar-refractivity contribution in [2.24, 2.45) is 0 Å². The van der Waals surface area contributed by atoms with Crippen molar-refractivity contribution in [3.8, 4) is 0 Å². The van der Waals surface area contributed by atoms with E-state index >= 15 is 0 Å². The zero-order chi connectivity index (χ0) is 13.8. The predicted molar refractivity (Wildman–Crippen MR) is 82.9 cm³/mol. The first-order valence-electron chi connectivity index (χ1n) is 6.31. The maximum atomic E-state index is 6.16. The van der Waals surface area contributed by atoms with E-state index < -0.39 is 0 Å². The lowest BCUT2D eigenvalue weighted by Gasteiger charge is -2.16. The summed E-state index contributed by atoms with van der Waals surface area (Å²) in [4.78, 5) is 0. The van der Waals surface area contributed by atoms with Crippen molar-refractivity contribution in [1.82, 2.24) is 5.32 Å². The fraction of sp³-hybridized carbons (Fsp3) is 0.250. The molecule has 2 aromatic rings. The standard InChI is InChI=1S/C16H17Cl2N/c1-11-6-8-13(9-7-11)12(2)19-10-14-15(17)4-3-5-16(14)18/h3-9,12,19H,10H2,1-2H3. The summed E-state index contributed by atoms with van der Waals surface area (Å²) in [5.74, 6) is 0. The van der Waals surface area contributed by atoms with Crippen molar-refractivity contribution in [3.05, 3.63) is 69.2 Å². The molecule has 2 aromatic carbocycles. The summed E-state index contributed by atoms with van der Waals surface area (Å²) < 4.78 is 0. The molecule has 0 saturated carbocycles. The summed E-state index contributed by atoms with van der Waals surface area (Å²) >= 11 is 12.3. The Bertz CT molecular complexity index is 529. The number of hydrogen-bond donors (Lipinski definition) is 1. The molecular weight excluding hydrogens is 277 g/mol. The van der Waals surface area contributed by atoms with Gasteiger partial charge in [-0.15, -0.1) is 0 Å². The van der Waals surface area contributed by atoms with E-state index in [-0.39, 0.29) is 6.04 Å². The molecule has 0 aromatic heterocycles. The first-order chi connectivity index (χ1) is 9.08. The van der Waals surface area contributed by atoms with Crippen LogP contribution in [0.25, 0.3) is 0 Å². The quantitative estimate of drug-likeness (QED) is 0.822. The minimum absolute atomic E-state index is 0.257. The van der Waals surface area contributed by atoms with Gasteiger partial charge in [-0.25, -0.2) is 0 Å². The Morgan fingerprint density at radius 2 is 1.58 bits per heavy atom. The van der Waals surface area contributed by atoms with Crippen molar-refractivity contribution < 1.29 is 0 Å². The molecule has 1 atom stereocenters. The van der Waals surface area contributed by atoms with Crippen LogP contribution < -0.4 is 5.32 Å². The van der Waals surface area contributed by atoms with Gasteiger partial charge in [0.1, 0.15) is 0 Å². The van der Waals surface area contributed by atoms with Crippen LogP contribution >= 0.6 is 23.2 Å². The fourth-order valence-electron chi connectivity index (χ4n) is 1.93. The van der Waals surface area contributed by atoms with Gasteiger partial charge >= 0.3 is 0 Å². The topological polar surface area (TPSA) is 12.0 Å². The average Bonchev–Trinajstić information content (AvgIpc) is 2.38. The lowest BCUT2D eigenvalue weighted by molar-refractivity contribution is 0.575. The average molecular weight is 294 g/mol. The largest absolute Gasteiger partial charge is 0.306 e. The Balaban J connectivity index is 2.04. The highest BCUT2D eigenvalue weighted by molar-refractivity contribution is 6.35. The Kier molecular flexibility index (Phi) is 4.87. The van der Waals surface area contributed by atoms with Crippen molar-refractivity contribution in [2.45, 2.75) is 26.4 Å². The van der Waals surface area contributed by atoms with Crippen LogP contribution in [0.1, 0.15) is 29.7 Å². The second kappa shape index (κ2) is 6.42. The van der Waals surface area contributed by atoms with E-state index in [2.05, 4.69) is 43.4 Å². The normalized spacial score (nSPS) is 12.4. The van der Waals surface area contributed by atoms with E-state index in [0.717, 1.165) is 5.56 Å². The van der Waals surface area contributed by atoms with E-state index in [1.807, 2.05) is 18.2 Å². The summed E-state index contributed by atoms with van der Waals surface area (Å²) in [6.07, 6.45) is 0. The van der Waals surface area contributed by atoms with Gasteiger partial charge in [-0.05, 0) is 31.5 Å². The Labute approximate surface area is 124 Å². The van der Waals surface area contributed by atoms with Crippen LogP contribution in [-0.4, -0.2) is 0 Å². The van der Waals surface area contributed by atoms with E-state index in [9.17, 15) is 0 Å². The molecular formula is C16H17Cl2N. The highest BCUT2D eigenvalue weighted by Crippen LogP contribution is 2.25. The van der Waals surface area contributed by atoms with Gasteiger partial charge in [0.05, 0.1) is 0 Å². The van der Waals surface area contributed by atoms with Crippen LogP contribution in [0.4, 0.5) is 0 Å². The van der Waals surface area contributed by atoms with Gasteiger partial charge in [-0.3, -0.25) is 0 Å². The van der Waals surface area contributed by atoms with Crippen molar-refractivity contribution in [1.29, 1.82) is 0 Å². The van der Waals surface area contributed by atoms with E-state index in [4.69, 9.17) is 23.2 Å². The highest BCUT2D eigenvalue weighted by Gasteiger charge is 2.08. The third kappa shape index (κ3) is 3.73. The molecule has 0 saturated heterocycles. The molecule has 0 aliphatic heterocycles. The second-order valence-corrected chi connectivity index (χ2v) is 5.53. The third-order valence-corrected chi connectivity index (χ3v) is 3.93. The molecule has 1 N–H and O–H groups in total. The zero-order valence-electron chi connectivity index (χ0n) is 11.1. The molecule has 0 fully saturated rings. The summed E-state index contributed by atoms with van der Waals surface area (Å²) in [6.45, 7) is 4.88. The summed E-state index contributed by atoms with van der Waals surface area (Å²) in [7, 11) is 0. The number of nitrogens with one attached hydrogen (secondary N) is 1. The van der Waals surface area contributed by atoms with Gasteiger partial charge in [0.25, 0.3) is 0 Å². The van der Waals surface area contributed by atoms with Crippen LogP contribution in [-0.2, 0) is 6.54 Å². The molecule has 0 amide bonds. The monoisotopic (exact) mass is 293 g/mol.